The normalized spacial score (nSPS) is 20.2. The average molecular weight is 538 g/mol. The SMILES string of the molecule is [B]C(=O)n1cc2c3c(cccc31)[C@H]1C[C@@H](C(=O)N(CCCN(C)C)C(=O)Oc3ccccc3)CN(CC=C)[C@@H]1C2. The fourth-order valence-electron chi connectivity index (χ4n) is 6.34. The second kappa shape index (κ2) is 11.8. The van der Waals surface area contributed by atoms with Gasteiger partial charge in [0.25, 0.3) is 0 Å². The van der Waals surface area contributed by atoms with Gasteiger partial charge in [0.05, 0.1) is 11.4 Å². The van der Waals surface area contributed by atoms with Gasteiger partial charge in [-0.05, 0) is 69.2 Å². The molecule has 1 aliphatic heterocycles. The molecule has 2 heterocycles. The molecular weight excluding hydrogens is 503 g/mol. The predicted molar refractivity (Wildman–Crippen MR) is 156 cm³/mol. The van der Waals surface area contributed by atoms with E-state index in [4.69, 9.17) is 12.6 Å². The molecule has 0 bridgehead atoms. The molecule has 2 aromatic carbocycles. The molecule has 5 rings (SSSR count). The van der Waals surface area contributed by atoms with Gasteiger partial charge < -0.3 is 9.64 Å². The van der Waals surface area contributed by atoms with E-state index in [1.165, 1.54) is 9.47 Å². The van der Waals surface area contributed by atoms with Crippen molar-refractivity contribution in [2.75, 3.05) is 40.3 Å². The summed E-state index contributed by atoms with van der Waals surface area (Å²) in [7, 11) is 9.61. The van der Waals surface area contributed by atoms with Gasteiger partial charge in [0.15, 0.2) is 5.81 Å². The third-order valence-corrected chi connectivity index (χ3v) is 8.07. The van der Waals surface area contributed by atoms with Crippen LogP contribution in [-0.4, -0.2) is 91.2 Å². The van der Waals surface area contributed by atoms with Crippen molar-refractivity contribution in [1.82, 2.24) is 19.3 Å². The van der Waals surface area contributed by atoms with Crippen LogP contribution in [0, 0.1) is 5.92 Å². The quantitative estimate of drug-likeness (QED) is 0.315. The number of likely N-dealkylation sites (tertiary alicyclic amines) is 1. The van der Waals surface area contributed by atoms with Crippen LogP contribution in [0.3, 0.4) is 0 Å². The van der Waals surface area contributed by atoms with Crippen molar-refractivity contribution in [2.45, 2.75) is 31.2 Å². The lowest BCUT2D eigenvalue weighted by molar-refractivity contribution is -0.136. The number of imide groups is 1. The highest BCUT2D eigenvalue weighted by atomic mass is 16.6. The van der Waals surface area contributed by atoms with Crippen LogP contribution in [0.15, 0.2) is 67.4 Å². The molecule has 1 fully saturated rings. The summed E-state index contributed by atoms with van der Waals surface area (Å²) in [5, 5.41) is 1.04. The minimum atomic E-state index is -0.654. The van der Waals surface area contributed by atoms with Crippen LogP contribution in [0.1, 0.15) is 29.9 Å². The highest BCUT2D eigenvalue weighted by Crippen LogP contribution is 2.45. The Morgan fingerprint density at radius 2 is 1.88 bits per heavy atom. The van der Waals surface area contributed by atoms with Gasteiger partial charge >= 0.3 is 6.09 Å². The molecule has 0 N–H and O–H groups in total. The largest absolute Gasteiger partial charge is 0.421 e. The van der Waals surface area contributed by atoms with Crippen molar-refractivity contribution in [3.63, 3.8) is 0 Å². The van der Waals surface area contributed by atoms with E-state index in [0.717, 1.165) is 35.0 Å². The molecule has 2 amide bonds. The van der Waals surface area contributed by atoms with Gasteiger partial charge in [-0.25, -0.2) is 9.69 Å². The van der Waals surface area contributed by atoms with Crippen LogP contribution in [-0.2, 0) is 11.2 Å². The minimum absolute atomic E-state index is 0.0522. The number of aromatic nitrogens is 1. The number of nitrogens with zero attached hydrogens (tertiary/aromatic N) is 4. The molecule has 3 atom stereocenters. The number of fused-ring (bicyclic) bond motifs is 2. The lowest BCUT2D eigenvalue weighted by Crippen LogP contribution is -2.54. The van der Waals surface area contributed by atoms with Crippen LogP contribution in [0.25, 0.3) is 10.9 Å². The van der Waals surface area contributed by atoms with E-state index in [1.807, 2.05) is 49.5 Å². The Balaban J connectivity index is 1.46. The van der Waals surface area contributed by atoms with Crippen molar-refractivity contribution < 1.29 is 19.1 Å². The Morgan fingerprint density at radius 1 is 1.10 bits per heavy atom. The zero-order chi connectivity index (χ0) is 28.4. The number of amides is 2. The minimum Gasteiger partial charge on any atom is -0.410 e. The Kier molecular flexibility index (Phi) is 8.23. The summed E-state index contributed by atoms with van der Waals surface area (Å²) in [6.45, 7) is 6.09. The third-order valence-electron chi connectivity index (χ3n) is 8.07. The summed E-state index contributed by atoms with van der Waals surface area (Å²) in [4.78, 5) is 45.2. The molecular formula is C31H35BN4O4. The van der Waals surface area contributed by atoms with Gasteiger partial charge in [-0.2, -0.15) is 0 Å². The first-order valence-corrected chi connectivity index (χ1v) is 13.8. The first-order chi connectivity index (χ1) is 19.3. The highest BCUT2D eigenvalue weighted by molar-refractivity contribution is 6.58. The number of rotatable bonds is 8. The number of piperidine rings is 1. The molecule has 2 aliphatic rings. The van der Waals surface area contributed by atoms with E-state index in [-0.39, 0.29) is 24.4 Å². The van der Waals surface area contributed by atoms with Crippen molar-refractivity contribution in [1.29, 1.82) is 0 Å². The van der Waals surface area contributed by atoms with Crippen molar-refractivity contribution in [2.24, 2.45) is 5.92 Å². The number of carbonyl (C=O) groups is 3. The van der Waals surface area contributed by atoms with Crippen LogP contribution < -0.4 is 4.74 Å². The molecule has 0 saturated carbocycles. The molecule has 3 aromatic rings. The molecule has 1 saturated heterocycles. The number of hydrogen-bond donors (Lipinski definition) is 0. The maximum absolute atomic E-state index is 14.1. The molecule has 1 aromatic heterocycles. The fourth-order valence-corrected chi connectivity index (χ4v) is 6.34. The van der Waals surface area contributed by atoms with E-state index < -0.39 is 17.8 Å². The number of ether oxygens (including phenoxy) is 1. The lowest BCUT2D eigenvalue weighted by Gasteiger charge is -2.47. The monoisotopic (exact) mass is 538 g/mol. The lowest BCUT2D eigenvalue weighted by atomic mass is 9.72. The standard InChI is InChI=1S/C31H35BN4O4/c1-4-14-34-19-22(29(37)35(16-9-15-33(2)3)31(39)40-23-10-6-5-7-11-23)17-25-24-12-8-13-26-28(24)21(18-27(25)34)20-36(26)30(32)38/h4-8,10-13,20,22,25,27H,1,9,14-19H2,2-3H3/t22-,25-,27-/m1/s1. The average Bonchev–Trinajstić information content (AvgIpc) is 3.31. The molecule has 40 heavy (non-hydrogen) atoms. The van der Waals surface area contributed by atoms with Gasteiger partial charge in [0.2, 0.25) is 13.8 Å². The van der Waals surface area contributed by atoms with E-state index >= 15 is 0 Å². The molecule has 1 aliphatic carbocycles. The number of benzene rings is 2. The molecule has 0 unspecified atom stereocenters. The second-order valence-electron chi connectivity index (χ2n) is 11.0. The van der Waals surface area contributed by atoms with Crippen molar-refractivity contribution in [3.8, 4) is 5.75 Å². The summed E-state index contributed by atoms with van der Waals surface area (Å²) >= 11 is 0. The van der Waals surface area contributed by atoms with Crippen molar-refractivity contribution >= 4 is 36.6 Å². The first kappa shape index (κ1) is 27.9. The van der Waals surface area contributed by atoms with E-state index in [0.29, 0.717) is 31.7 Å². The molecule has 0 spiro atoms. The summed E-state index contributed by atoms with van der Waals surface area (Å²) in [5.41, 5.74) is 2.99. The van der Waals surface area contributed by atoms with Crippen LogP contribution >= 0.6 is 0 Å². The maximum Gasteiger partial charge on any atom is 0.421 e. The van der Waals surface area contributed by atoms with E-state index in [2.05, 4.69) is 17.5 Å². The van der Waals surface area contributed by atoms with Gasteiger partial charge in [0.1, 0.15) is 5.75 Å². The second-order valence-corrected chi connectivity index (χ2v) is 11.0. The summed E-state index contributed by atoms with van der Waals surface area (Å²) in [6, 6.07) is 14.9. The zero-order valence-corrected chi connectivity index (χ0v) is 23.2. The van der Waals surface area contributed by atoms with Gasteiger partial charge in [-0.1, -0.05) is 36.4 Å². The summed E-state index contributed by atoms with van der Waals surface area (Å²) in [6.07, 6.45) is 5.03. The smallest absolute Gasteiger partial charge is 0.410 e. The Hall–Kier alpha value is -3.69. The summed E-state index contributed by atoms with van der Waals surface area (Å²) in [5.74, 6) is -0.685. The van der Waals surface area contributed by atoms with E-state index in [1.54, 1.807) is 24.3 Å². The zero-order valence-electron chi connectivity index (χ0n) is 23.2. The maximum atomic E-state index is 14.1. The van der Waals surface area contributed by atoms with Crippen LogP contribution in [0.5, 0.6) is 5.75 Å². The fraction of sp³-hybridized carbons (Fsp3) is 0.387. The van der Waals surface area contributed by atoms with E-state index in [9.17, 15) is 14.4 Å². The van der Waals surface area contributed by atoms with Crippen LogP contribution in [0.4, 0.5) is 9.59 Å². The topological polar surface area (TPSA) is 75.1 Å². The summed E-state index contributed by atoms with van der Waals surface area (Å²) < 4.78 is 7.13. The van der Waals surface area contributed by atoms with Crippen molar-refractivity contribution in [3.05, 3.63) is 78.5 Å². The van der Waals surface area contributed by atoms with Gasteiger partial charge in [-0.15, -0.1) is 6.58 Å². The number of hydrogen-bond acceptors (Lipinski definition) is 6. The Morgan fingerprint density at radius 3 is 2.58 bits per heavy atom. The van der Waals surface area contributed by atoms with Gasteiger partial charge in [0, 0.05) is 43.2 Å². The number of carbonyl (C=O) groups excluding carboxylic acids is 3. The van der Waals surface area contributed by atoms with Gasteiger partial charge in [-0.3, -0.25) is 19.1 Å². The molecule has 9 heteroatoms. The highest BCUT2D eigenvalue weighted by Gasteiger charge is 2.44. The third kappa shape index (κ3) is 5.49. The number of para-hydroxylation sites is 1. The Labute approximate surface area is 236 Å². The Bertz CT molecular complexity index is 1420. The molecule has 206 valence electrons. The molecule has 8 nitrogen and oxygen atoms in total. The predicted octanol–water partition coefficient (Wildman–Crippen LogP) is 4.27. The van der Waals surface area contributed by atoms with Crippen LogP contribution in [0.2, 0.25) is 0 Å². The molecule has 2 radical (unpaired) electrons. The first-order valence-electron chi connectivity index (χ1n) is 13.8.